The van der Waals surface area contributed by atoms with E-state index < -0.39 is 31.0 Å². The summed E-state index contributed by atoms with van der Waals surface area (Å²) >= 11 is 0. The SMILES string of the molecule is O=C1CNC(C2CCCC2)N1CC(F)(F)C(F)F. The second-order valence-electron chi connectivity index (χ2n) is 4.95. The van der Waals surface area contributed by atoms with Crippen LogP contribution in [-0.4, -0.2) is 42.4 Å². The standard InChI is InChI=1S/C11H16F4N2O/c12-10(13)11(14,15)6-17-8(18)5-16-9(17)7-3-1-2-4-7/h7,9-10,16H,1-6H2. The zero-order valence-corrected chi connectivity index (χ0v) is 9.84. The maximum atomic E-state index is 13.1. The van der Waals surface area contributed by atoms with Gasteiger partial charge in [-0.3, -0.25) is 10.1 Å². The number of halogens is 4. The van der Waals surface area contributed by atoms with Gasteiger partial charge in [-0.05, 0) is 18.8 Å². The van der Waals surface area contributed by atoms with Gasteiger partial charge in [-0.25, -0.2) is 8.78 Å². The molecule has 2 fully saturated rings. The van der Waals surface area contributed by atoms with E-state index in [0.29, 0.717) is 0 Å². The van der Waals surface area contributed by atoms with E-state index in [1.165, 1.54) is 0 Å². The van der Waals surface area contributed by atoms with Gasteiger partial charge in [-0.15, -0.1) is 0 Å². The average Bonchev–Trinajstić information content (AvgIpc) is 2.89. The lowest BCUT2D eigenvalue weighted by atomic mass is 10.0. The number of rotatable bonds is 4. The van der Waals surface area contributed by atoms with Crippen molar-refractivity contribution in [2.75, 3.05) is 13.1 Å². The highest BCUT2D eigenvalue weighted by Gasteiger charge is 2.47. The Labute approximate surface area is 103 Å². The minimum Gasteiger partial charge on any atom is -0.319 e. The van der Waals surface area contributed by atoms with Crippen LogP contribution in [0.15, 0.2) is 0 Å². The van der Waals surface area contributed by atoms with Crippen molar-refractivity contribution in [3.63, 3.8) is 0 Å². The summed E-state index contributed by atoms with van der Waals surface area (Å²) in [5.41, 5.74) is 0. The molecular weight excluding hydrogens is 252 g/mol. The fourth-order valence-electron chi connectivity index (χ4n) is 2.74. The first kappa shape index (κ1) is 13.6. The fourth-order valence-corrected chi connectivity index (χ4v) is 2.74. The molecule has 1 saturated carbocycles. The summed E-state index contributed by atoms with van der Waals surface area (Å²) in [6.07, 6.45) is -0.560. The van der Waals surface area contributed by atoms with Crippen molar-refractivity contribution in [1.29, 1.82) is 0 Å². The van der Waals surface area contributed by atoms with E-state index in [1.54, 1.807) is 0 Å². The van der Waals surface area contributed by atoms with Gasteiger partial charge in [0.05, 0.1) is 19.3 Å². The molecule has 0 aromatic heterocycles. The number of carbonyl (C=O) groups excluding carboxylic acids is 1. The fraction of sp³-hybridized carbons (Fsp3) is 0.909. The molecule has 1 atom stereocenters. The third kappa shape index (κ3) is 2.60. The van der Waals surface area contributed by atoms with Gasteiger partial charge in [0.15, 0.2) is 0 Å². The van der Waals surface area contributed by atoms with E-state index in [4.69, 9.17) is 0 Å². The van der Waals surface area contributed by atoms with Crippen LogP contribution in [0.4, 0.5) is 17.6 Å². The van der Waals surface area contributed by atoms with Crippen LogP contribution in [0.1, 0.15) is 25.7 Å². The van der Waals surface area contributed by atoms with Gasteiger partial charge < -0.3 is 4.90 Å². The van der Waals surface area contributed by atoms with Gasteiger partial charge in [-0.2, -0.15) is 8.78 Å². The van der Waals surface area contributed by atoms with Crippen LogP contribution in [0.5, 0.6) is 0 Å². The molecule has 104 valence electrons. The van der Waals surface area contributed by atoms with Gasteiger partial charge in [0.2, 0.25) is 5.91 Å². The van der Waals surface area contributed by atoms with Crippen molar-refractivity contribution in [3.05, 3.63) is 0 Å². The molecule has 1 unspecified atom stereocenters. The van der Waals surface area contributed by atoms with Gasteiger partial charge in [0, 0.05) is 0 Å². The highest BCUT2D eigenvalue weighted by molar-refractivity contribution is 5.80. The van der Waals surface area contributed by atoms with Crippen LogP contribution in [0.3, 0.4) is 0 Å². The average molecular weight is 268 g/mol. The Hall–Kier alpha value is -0.850. The van der Waals surface area contributed by atoms with E-state index in [-0.39, 0.29) is 12.5 Å². The number of nitrogens with one attached hydrogen (secondary N) is 1. The summed E-state index contributed by atoms with van der Waals surface area (Å²) in [4.78, 5) is 12.4. The Morgan fingerprint density at radius 2 is 1.94 bits per heavy atom. The molecule has 1 amide bonds. The van der Waals surface area contributed by atoms with Gasteiger partial charge in [0.1, 0.15) is 0 Å². The lowest BCUT2D eigenvalue weighted by Gasteiger charge is -2.31. The zero-order chi connectivity index (χ0) is 13.3. The molecule has 1 aliphatic heterocycles. The van der Waals surface area contributed by atoms with Crippen molar-refractivity contribution in [1.82, 2.24) is 10.2 Å². The predicted octanol–water partition coefficient (Wildman–Crippen LogP) is 1.83. The van der Waals surface area contributed by atoms with Crippen molar-refractivity contribution in [2.24, 2.45) is 5.92 Å². The molecule has 0 aromatic rings. The summed E-state index contributed by atoms with van der Waals surface area (Å²) in [5.74, 6) is -4.56. The first-order valence-electron chi connectivity index (χ1n) is 6.10. The molecule has 1 N–H and O–H groups in total. The molecule has 1 aliphatic carbocycles. The van der Waals surface area contributed by atoms with Gasteiger partial charge >= 0.3 is 12.3 Å². The Balaban J connectivity index is 2.05. The minimum absolute atomic E-state index is 0.0412. The van der Waals surface area contributed by atoms with E-state index in [1.807, 2.05) is 0 Å². The Kier molecular flexibility index (Phi) is 3.79. The topological polar surface area (TPSA) is 32.3 Å². The van der Waals surface area contributed by atoms with Crippen LogP contribution >= 0.6 is 0 Å². The summed E-state index contributed by atoms with van der Waals surface area (Å²) in [6, 6.07) is 0. The predicted molar refractivity (Wildman–Crippen MR) is 56.4 cm³/mol. The molecule has 0 bridgehead atoms. The van der Waals surface area contributed by atoms with E-state index in [9.17, 15) is 22.4 Å². The van der Waals surface area contributed by atoms with E-state index in [2.05, 4.69) is 5.32 Å². The molecule has 2 aliphatic rings. The van der Waals surface area contributed by atoms with Crippen LogP contribution < -0.4 is 5.32 Å². The van der Waals surface area contributed by atoms with Crippen LogP contribution in [-0.2, 0) is 4.79 Å². The third-order valence-electron chi connectivity index (χ3n) is 3.67. The summed E-state index contributed by atoms with van der Waals surface area (Å²) in [6.45, 7) is -1.24. The second kappa shape index (κ2) is 5.03. The molecule has 1 saturated heterocycles. The van der Waals surface area contributed by atoms with Crippen molar-refractivity contribution in [3.8, 4) is 0 Å². The Morgan fingerprint density at radius 1 is 1.33 bits per heavy atom. The molecule has 7 heteroatoms. The lowest BCUT2D eigenvalue weighted by Crippen LogP contribution is -2.49. The van der Waals surface area contributed by atoms with E-state index >= 15 is 0 Å². The molecule has 0 spiro atoms. The van der Waals surface area contributed by atoms with Crippen LogP contribution in [0.25, 0.3) is 0 Å². The summed E-state index contributed by atoms with van der Waals surface area (Å²) in [7, 11) is 0. The molecule has 18 heavy (non-hydrogen) atoms. The molecule has 2 rings (SSSR count). The number of amides is 1. The first-order chi connectivity index (χ1) is 8.42. The van der Waals surface area contributed by atoms with E-state index in [0.717, 1.165) is 30.6 Å². The van der Waals surface area contributed by atoms with Crippen molar-refractivity contribution < 1.29 is 22.4 Å². The minimum atomic E-state index is -4.14. The smallest absolute Gasteiger partial charge is 0.319 e. The maximum absolute atomic E-state index is 13.1. The van der Waals surface area contributed by atoms with Crippen molar-refractivity contribution >= 4 is 5.91 Å². The number of carbonyl (C=O) groups is 1. The number of hydrogen-bond donors (Lipinski definition) is 1. The maximum Gasteiger partial charge on any atom is 0.324 e. The third-order valence-corrected chi connectivity index (χ3v) is 3.67. The first-order valence-corrected chi connectivity index (χ1v) is 6.10. The number of hydrogen-bond acceptors (Lipinski definition) is 2. The van der Waals surface area contributed by atoms with Crippen LogP contribution in [0, 0.1) is 5.92 Å². The largest absolute Gasteiger partial charge is 0.324 e. The lowest BCUT2D eigenvalue weighted by molar-refractivity contribution is -0.157. The second-order valence-corrected chi connectivity index (χ2v) is 4.95. The Morgan fingerprint density at radius 3 is 2.50 bits per heavy atom. The number of alkyl halides is 4. The molecule has 3 nitrogen and oxygen atoms in total. The Bertz CT molecular complexity index is 318. The van der Waals surface area contributed by atoms with Crippen LogP contribution in [0.2, 0.25) is 0 Å². The quantitative estimate of drug-likeness (QED) is 0.789. The number of nitrogens with zero attached hydrogens (tertiary/aromatic N) is 1. The zero-order valence-electron chi connectivity index (χ0n) is 9.84. The summed E-state index contributed by atoms with van der Waals surface area (Å²) in [5, 5.41) is 2.86. The molecule has 1 heterocycles. The highest BCUT2D eigenvalue weighted by Crippen LogP contribution is 2.33. The van der Waals surface area contributed by atoms with Gasteiger partial charge in [-0.1, -0.05) is 12.8 Å². The highest BCUT2D eigenvalue weighted by atomic mass is 19.3. The normalized spacial score (nSPS) is 26.6. The monoisotopic (exact) mass is 268 g/mol. The molecule has 0 aromatic carbocycles. The van der Waals surface area contributed by atoms with Crippen molar-refractivity contribution in [2.45, 2.75) is 44.2 Å². The molecule has 0 radical (unpaired) electrons. The summed E-state index contributed by atoms with van der Waals surface area (Å²) < 4.78 is 50.5. The van der Waals surface area contributed by atoms with Gasteiger partial charge in [0.25, 0.3) is 0 Å². The molecular formula is C11H16F4N2O.